The summed E-state index contributed by atoms with van der Waals surface area (Å²) in [5.74, 6) is 0. The largest absolute Gasteiger partial charge is 0.315 e. The maximum Gasteiger partial charge on any atom is 0.144 e. The lowest BCUT2D eigenvalue weighted by Crippen LogP contribution is -2.04. The molecular weight excluding hydrogens is 204 g/mol. The molecule has 4 nitrogen and oxygen atoms in total. The second-order valence-corrected chi connectivity index (χ2v) is 4.15. The molecule has 0 saturated carbocycles. The Hall–Kier alpha value is -0.850. The zero-order chi connectivity index (χ0) is 9.10. The van der Waals surface area contributed by atoms with Crippen molar-refractivity contribution in [2.75, 3.05) is 7.05 Å². The van der Waals surface area contributed by atoms with Crippen molar-refractivity contribution in [1.29, 1.82) is 0 Å². The Morgan fingerprint density at radius 1 is 1.54 bits per heavy atom. The summed E-state index contributed by atoms with van der Waals surface area (Å²) in [5, 5.41) is 10.0. The molecule has 0 radical (unpaired) electrons. The van der Waals surface area contributed by atoms with Crippen molar-refractivity contribution in [3.63, 3.8) is 0 Å². The summed E-state index contributed by atoms with van der Waals surface area (Å²) in [6.45, 7) is 0.798. The van der Waals surface area contributed by atoms with Crippen molar-refractivity contribution in [3.05, 3.63) is 16.5 Å². The van der Waals surface area contributed by atoms with E-state index < -0.39 is 0 Å². The molecule has 0 amide bonds. The van der Waals surface area contributed by atoms with Crippen LogP contribution in [0.4, 0.5) is 0 Å². The summed E-state index contributed by atoms with van der Waals surface area (Å²) >= 11 is 3.00. The quantitative estimate of drug-likeness (QED) is 0.835. The number of aromatic nitrogens is 3. The highest BCUT2D eigenvalue weighted by Gasteiger charge is 2.11. The van der Waals surface area contributed by atoms with E-state index >= 15 is 0 Å². The average molecular weight is 212 g/mol. The minimum atomic E-state index is 0.798. The lowest BCUT2D eigenvalue weighted by Gasteiger charge is -1.95. The van der Waals surface area contributed by atoms with Gasteiger partial charge in [0.25, 0.3) is 0 Å². The van der Waals surface area contributed by atoms with E-state index in [1.165, 1.54) is 11.5 Å². The lowest BCUT2D eigenvalue weighted by atomic mass is 10.4. The van der Waals surface area contributed by atoms with E-state index in [0.29, 0.717) is 0 Å². The van der Waals surface area contributed by atoms with Crippen molar-refractivity contribution in [1.82, 2.24) is 19.9 Å². The van der Waals surface area contributed by atoms with Crippen molar-refractivity contribution in [2.45, 2.75) is 6.54 Å². The fourth-order valence-corrected chi connectivity index (χ4v) is 2.35. The Morgan fingerprint density at radius 3 is 3.15 bits per heavy atom. The van der Waals surface area contributed by atoms with E-state index in [1.807, 2.05) is 12.4 Å². The number of hydrogen-bond donors (Lipinski definition) is 1. The van der Waals surface area contributed by atoms with Crippen LogP contribution in [0.3, 0.4) is 0 Å². The number of hydrogen-bond acceptors (Lipinski definition) is 6. The third-order valence-electron chi connectivity index (χ3n) is 1.53. The van der Waals surface area contributed by atoms with Gasteiger partial charge < -0.3 is 5.32 Å². The van der Waals surface area contributed by atoms with Gasteiger partial charge in [-0.3, -0.25) is 0 Å². The van der Waals surface area contributed by atoms with Gasteiger partial charge in [0.15, 0.2) is 0 Å². The van der Waals surface area contributed by atoms with Crippen molar-refractivity contribution in [3.8, 4) is 10.7 Å². The molecule has 0 atom stereocenters. The molecule has 1 N–H and O–H groups in total. The Labute approximate surface area is 83.8 Å². The molecule has 2 aromatic rings. The molecule has 68 valence electrons. The van der Waals surface area contributed by atoms with Gasteiger partial charge in [0, 0.05) is 18.1 Å². The van der Waals surface area contributed by atoms with E-state index in [-0.39, 0.29) is 0 Å². The highest BCUT2D eigenvalue weighted by Crippen LogP contribution is 2.25. The van der Waals surface area contributed by atoms with Crippen LogP contribution in [0.25, 0.3) is 10.7 Å². The van der Waals surface area contributed by atoms with Crippen molar-refractivity contribution >= 4 is 22.9 Å². The van der Waals surface area contributed by atoms with Gasteiger partial charge in [0.05, 0.1) is 4.88 Å². The van der Waals surface area contributed by atoms with E-state index in [4.69, 9.17) is 0 Å². The van der Waals surface area contributed by atoms with Crippen LogP contribution >= 0.6 is 22.9 Å². The summed E-state index contributed by atoms with van der Waals surface area (Å²) < 4.78 is 3.92. The number of rotatable bonds is 3. The maximum absolute atomic E-state index is 4.20. The molecule has 0 spiro atoms. The predicted molar refractivity (Wildman–Crippen MR) is 53.8 cm³/mol. The molecule has 0 aromatic carbocycles. The van der Waals surface area contributed by atoms with Crippen LogP contribution in [0, 0.1) is 0 Å². The number of thiazole rings is 1. The minimum absolute atomic E-state index is 0.798. The Morgan fingerprint density at radius 2 is 2.46 bits per heavy atom. The molecule has 0 aliphatic rings. The first-order valence-corrected chi connectivity index (χ1v) is 5.43. The summed E-state index contributed by atoms with van der Waals surface area (Å²) in [5.41, 5.74) is 0.911. The van der Waals surface area contributed by atoms with Gasteiger partial charge in [0.1, 0.15) is 10.7 Å². The lowest BCUT2D eigenvalue weighted by molar-refractivity contribution is 0.830. The summed E-state index contributed by atoms with van der Waals surface area (Å²) in [4.78, 5) is 5.33. The fourth-order valence-electron chi connectivity index (χ4n) is 0.989. The summed E-state index contributed by atoms with van der Waals surface area (Å²) in [7, 11) is 1.91. The molecule has 0 aliphatic heterocycles. The summed E-state index contributed by atoms with van der Waals surface area (Å²) in [6.07, 6.45) is 1.78. The standard InChI is InChI=1S/C7H8N4S2/c1-8-4-5-6(10-11-13-5)7-9-2-3-12-7/h2-3,8H,4H2,1H3. The van der Waals surface area contributed by atoms with Gasteiger partial charge in [-0.25, -0.2) is 4.98 Å². The van der Waals surface area contributed by atoms with E-state index in [1.54, 1.807) is 17.5 Å². The normalized spacial score (nSPS) is 10.5. The Bertz CT molecular complexity index is 368. The number of nitrogens with zero attached hydrogens (tertiary/aromatic N) is 3. The van der Waals surface area contributed by atoms with Gasteiger partial charge in [-0.2, -0.15) is 0 Å². The summed E-state index contributed by atoms with van der Waals surface area (Å²) in [6, 6.07) is 0. The molecule has 0 fully saturated rings. The monoisotopic (exact) mass is 212 g/mol. The first-order chi connectivity index (χ1) is 6.42. The van der Waals surface area contributed by atoms with Gasteiger partial charge in [-0.05, 0) is 18.6 Å². The zero-order valence-electron chi connectivity index (χ0n) is 7.02. The Balaban J connectivity index is 2.35. The topological polar surface area (TPSA) is 50.7 Å². The minimum Gasteiger partial charge on any atom is -0.315 e. The Kier molecular flexibility index (Phi) is 2.62. The third-order valence-corrected chi connectivity index (χ3v) is 3.03. The van der Waals surface area contributed by atoms with Crippen LogP contribution in [-0.2, 0) is 6.54 Å². The molecule has 13 heavy (non-hydrogen) atoms. The first-order valence-electron chi connectivity index (χ1n) is 3.77. The molecule has 0 saturated heterocycles. The fraction of sp³-hybridized carbons (Fsp3) is 0.286. The van der Waals surface area contributed by atoms with Crippen LogP contribution in [0.2, 0.25) is 0 Å². The van der Waals surface area contributed by atoms with Gasteiger partial charge >= 0.3 is 0 Å². The number of nitrogens with one attached hydrogen (secondary N) is 1. The molecule has 0 unspecified atom stereocenters. The SMILES string of the molecule is CNCc1snnc1-c1nccs1. The van der Waals surface area contributed by atoms with Crippen molar-refractivity contribution in [2.24, 2.45) is 0 Å². The molecule has 2 aromatic heterocycles. The van der Waals surface area contributed by atoms with Gasteiger partial charge in [-0.15, -0.1) is 16.4 Å². The molecule has 6 heteroatoms. The predicted octanol–water partition coefficient (Wildman–Crippen LogP) is 1.38. The highest BCUT2D eigenvalue weighted by molar-refractivity contribution is 7.13. The van der Waals surface area contributed by atoms with E-state index in [9.17, 15) is 0 Å². The first kappa shape index (κ1) is 8.74. The van der Waals surface area contributed by atoms with Crippen LogP contribution < -0.4 is 5.32 Å². The van der Waals surface area contributed by atoms with Crippen LogP contribution in [0.5, 0.6) is 0 Å². The molecule has 0 aliphatic carbocycles. The zero-order valence-corrected chi connectivity index (χ0v) is 8.65. The van der Waals surface area contributed by atoms with Crippen LogP contribution in [-0.4, -0.2) is 21.6 Å². The third kappa shape index (κ3) is 1.74. The van der Waals surface area contributed by atoms with Crippen molar-refractivity contribution < 1.29 is 0 Å². The van der Waals surface area contributed by atoms with Crippen LogP contribution in [0.1, 0.15) is 4.88 Å². The molecule has 2 heterocycles. The molecule has 2 rings (SSSR count). The smallest absolute Gasteiger partial charge is 0.144 e. The highest BCUT2D eigenvalue weighted by atomic mass is 32.1. The molecular formula is C7H8N4S2. The second kappa shape index (κ2) is 3.91. The van der Waals surface area contributed by atoms with E-state index in [0.717, 1.165) is 22.1 Å². The molecule has 0 bridgehead atoms. The van der Waals surface area contributed by atoms with Crippen LogP contribution in [0.15, 0.2) is 11.6 Å². The van der Waals surface area contributed by atoms with Gasteiger partial charge in [-0.1, -0.05) is 4.49 Å². The van der Waals surface area contributed by atoms with Gasteiger partial charge in [0.2, 0.25) is 0 Å². The van der Waals surface area contributed by atoms with E-state index in [2.05, 4.69) is 19.9 Å². The maximum atomic E-state index is 4.20. The average Bonchev–Trinajstić information content (AvgIpc) is 2.71. The second-order valence-electron chi connectivity index (χ2n) is 2.41.